The molecule has 1 aromatic carbocycles. The van der Waals surface area contributed by atoms with E-state index in [1.807, 2.05) is 19.1 Å². The van der Waals surface area contributed by atoms with Crippen LogP contribution in [0.2, 0.25) is 5.02 Å². The van der Waals surface area contributed by atoms with Gasteiger partial charge in [0.05, 0.1) is 23.2 Å². The van der Waals surface area contributed by atoms with Crippen LogP contribution in [-0.2, 0) is 28.7 Å². The molecule has 41 heavy (non-hydrogen) atoms. The van der Waals surface area contributed by atoms with Crippen molar-refractivity contribution in [3.63, 3.8) is 0 Å². The first-order chi connectivity index (χ1) is 19.6. The van der Waals surface area contributed by atoms with E-state index in [2.05, 4.69) is 21.2 Å². The first-order valence-electron chi connectivity index (χ1n) is 13.8. The van der Waals surface area contributed by atoms with Gasteiger partial charge in [-0.15, -0.1) is 0 Å². The number of allylic oxidation sites excluding steroid dienone is 1. The van der Waals surface area contributed by atoms with E-state index in [1.54, 1.807) is 31.2 Å². The number of esters is 1. The van der Waals surface area contributed by atoms with Crippen LogP contribution >= 0.6 is 27.5 Å². The molecule has 1 spiro atoms. The minimum atomic E-state index is -1.43. The zero-order chi connectivity index (χ0) is 29.5. The molecule has 1 aromatic rings. The van der Waals surface area contributed by atoms with Crippen LogP contribution in [0.4, 0.5) is 5.69 Å². The smallest absolute Gasteiger partial charge is 0.313 e. The molecule has 0 unspecified atom stereocenters. The maximum atomic E-state index is 14.7. The minimum Gasteiger partial charge on any atom is -0.460 e. The van der Waals surface area contributed by atoms with E-state index in [0.717, 1.165) is 5.56 Å². The largest absolute Gasteiger partial charge is 0.460 e. The summed E-state index contributed by atoms with van der Waals surface area (Å²) in [6.45, 7) is 3.67. The van der Waals surface area contributed by atoms with Crippen LogP contribution in [0.5, 0.6) is 0 Å². The molecule has 0 aliphatic carbocycles. The highest BCUT2D eigenvalue weighted by Crippen LogP contribution is 2.59. The first-order valence-corrected chi connectivity index (χ1v) is 14.9. The van der Waals surface area contributed by atoms with Crippen LogP contribution in [0, 0.1) is 18.8 Å². The Morgan fingerprint density at radius 3 is 2.71 bits per heavy atom. The number of fused-ring (bicyclic) bond motifs is 2. The van der Waals surface area contributed by atoms with Gasteiger partial charge in [-0.25, -0.2) is 0 Å². The number of nitrogens with zero attached hydrogens (tertiary/aromatic N) is 2. The van der Waals surface area contributed by atoms with Gasteiger partial charge in [-0.05, 0) is 44.4 Å². The summed E-state index contributed by atoms with van der Waals surface area (Å²) in [6, 6.07) is 4.21. The van der Waals surface area contributed by atoms with Crippen molar-refractivity contribution in [3.05, 3.63) is 51.5 Å². The minimum absolute atomic E-state index is 0.0961. The molecule has 4 aliphatic rings. The van der Waals surface area contributed by atoms with Gasteiger partial charge < -0.3 is 29.7 Å². The van der Waals surface area contributed by atoms with Crippen LogP contribution in [0.15, 0.2) is 40.9 Å². The van der Waals surface area contributed by atoms with Gasteiger partial charge in [-0.1, -0.05) is 51.8 Å². The second-order valence-corrected chi connectivity index (χ2v) is 12.2. The molecule has 10 nitrogen and oxygen atoms in total. The van der Waals surface area contributed by atoms with Crippen molar-refractivity contribution >= 4 is 56.9 Å². The average Bonchev–Trinajstić information content (AvgIpc) is 3.51. The second-order valence-electron chi connectivity index (χ2n) is 10.9. The summed E-state index contributed by atoms with van der Waals surface area (Å²) in [5, 5.41) is 12.8. The number of rotatable bonds is 4. The second kappa shape index (κ2) is 11.9. The predicted molar refractivity (Wildman–Crippen MR) is 154 cm³/mol. The van der Waals surface area contributed by atoms with Crippen molar-refractivity contribution in [3.8, 4) is 0 Å². The van der Waals surface area contributed by atoms with E-state index in [9.17, 15) is 24.3 Å². The Kier molecular flexibility index (Phi) is 8.61. The SMILES string of the molecule is Cc1cccc(Cl)c1N1C/C=C\CCC(=O)NC[C@H](C)OC(=O)[C@H]2[C@@H]3O[C@@]4(C=C3Br)[C@@H]2C(=O)N(CCCO)[C@@H]4C1=O. The van der Waals surface area contributed by atoms with E-state index in [-0.39, 0.29) is 45.0 Å². The van der Waals surface area contributed by atoms with Crippen molar-refractivity contribution in [1.82, 2.24) is 10.2 Å². The molecule has 12 heteroatoms. The molecule has 0 saturated carbocycles. The third kappa shape index (κ3) is 5.22. The highest BCUT2D eigenvalue weighted by Gasteiger charge is 2.75. The summed E-state index contributed by atoms with van der Waals surface area (Å²) >= 11 is 10.2. The lowest BCUT2D eigenvalue weighted by Crippen LogP contribution is -2.56. The Labute approximate surface area is 251 Å². The van der Waals surface area contributed by atoms with Crippen molar-refractivity contribution in [1.29, 1.82) is 0 Å². The van der Waals surface area contributed by atoms with Crippen LogP contribution in [0.1, 0.15) is 31.7 Å². The van der Waals surface area contributed by atoms with E-state index >= 15 is 0 Å². The normalized spacial score (nSPS) is 33.0. The van der Waals surface area contributed by atoms with E-state index in [1.165, 1.54) is 9.80 Å². The zero-order valence-corrected chi connectivity index (χ0v) is 25.2. The number of benzene rings is 1. The molecular formula is C29H33BrClN3O7. The Bertz CT molecular complexity index is 1300. The third-order valence-electron chi connectivity index (χ3n) is 8.11. The number of nitrogens with one attached hydrogen (secondary N) is 1. The number of ether oxygens (including phenoxy) is 2. The molecule has 5 bridgehead atoms. The molecule has 0 aromatic heterocycles. The van der Waals surface area contributed by atoms with Gasteiger partial charge in [0.1, 0.15) is 29.8 Å². The Hall–Kier alpha value is -2.73. The maximum absolute atomic E-state index is 14.7. The van der Waals surface area contributed by atoms with Gasteiger partial charge in [0, 0.05) is 30.6 Å². The van der Waals surface area contributed by atoms with Crippen LogP contribution in [0.3, 0.4) is 0 Å². The molecule has 2 N–H and O–H groups in total. The van der Waals surface area contributed by atoms with Gasteiger partial charge >= 0.3 is 5.97 Å². The number of anilines is 1. The summed E-state index contributed by atoms with van der Waals surface area (Å²) in [4.78, 5) is 57.7. The number of carbonyl (C=O) groups is 4. The zero-order valence-electron chi connectivity index (χ0n) is 22.8. The maximum Gasteiger partial charge on any atom is 0.313 e. The van der Waals surface area contributed by atoms with Gasteiger partial charge in [-0.2, -0.15) is 0 Å². The molecule has 220 valence electrons. The molecule has 2 fully saturated rings. The molecule has 4 heterocycles. The van der Waals surface area contributed by atoms with Crippen LogP contribution < -0.4 is 10.2 Å². The number of hydrogen-bond donors (Lipinski definition) is 2. The number of likely N-dealkylation sites (tertiary alicyclic amines) is 1. The fraction of sp³-hybridized carbons (Fsp3) is 0.517. The summed E-state index contributed by atoms with van der Waals surface area (Å²) in [6.07, 6.45) is 4.80. The quantitative estimate of drug-likeness (QED) is 0.379. The number of aliphatic hydroxyl groups excluding tert-OH is 1. The van der Waals surface area contributed by atoms with Gasteiger partial charge in [-0.3, -0.25) is 19.2 Å². The van der Waals surface area contributed by atoms with E-state index in [0.29, 0.717) is 21.6 Å². The van der Waals surface area contributed by atoms with Gasteiger partial charge in [0.15, 0.2) is 0 Å². The summed E-state index contributed by atoms with van der Waals surface area (Å²) in [5.74, 6) is -3.68. The summed E-state index contributed by atoms with van der Waals surface area (Å²) in [7, 11) is 0. The lowest BCUT2D eigenvalue weighted by atomic mass is 9.74. The molecule has 3 amide bonds. The predicted octanol–water partition coefficient (Wildman–Crippen LogP) is 2.63. The van der Waals surface area contributed by atoms with Gasteiger partial charge in [0.25, 0.3) is 5.91 Å². The highest BCUT2D eigenvalue weighted by atomic mass is 79.9. The number of amides is 3. The summed E-state index contributed by atoms with van der Waals surface area (Å²) in [5.41, 5.74) is -0.179. The number of carbonyl (C=O) groups excluding carboxylic acids is 4. The van der Waals surface area contributed by atoms with Crippen molar-refractivity contribution in [2.75, 3.05) is 31.1 Å². The standard InChI is InChI=1S/C29H33BrClN3O7/c1-16-8-6-9-19(31)23(16)33-11-5-3-4-10-20(36)32-15-17(2)40-28(39)21-22-26(37)34(12-7-13-35)25(27(33)38)29(22)14-18(30)24(21)41-29/h3,5-6,8-9,14,17,21-22,24-25,35H,4,7,10-13,15H2,1-2H3,(H,32,36)/b5-3-/t17-,21+,22-,24+,25+,29-/m0/s1. The van der Waals surface area contributed by atoms with Gasteiger partial charge in [0.2, 0.25) is 11.8 Å². The number of cyclic esters (lactones) is 1. The molecule has 4 aliphatic heterocycles. The van der Waals surface area contributed by atoms with Crippen molar-refractivity contribution in [2.24, 2.45) is 11.8 Å². The first kappa shape index (κ1) is 29.8. The monoisotopic (exact) mass is 649 g/mol. The fourth-order valence-corrected chi connectivity index (χ4v) is 7.39. The number of aliphatic hydroxyl groups is 1. The molecule has 2 saturated heterocycles. The topological polar surface area (TPSA) is 125 Å². The number of para-hydroxylation sites is 1. The van der Waals surface area contributed by atoms with Crippen LogP contribution in [0.25, 0.3) is 0 Å². The lowest BCUT2D eigenvalue weighted by molar-refractivity contribution is -0.158. The van der Waals surface area contributed by atoms with Crippen molar-refractivity contribution in [2.45, 2.75) is 57.0 Å². The van der Waals surface area contributed by atoms with E-state index in [4.69, 9.17) is 21.1 Å². The molecule has 6 atom stereocenters. The third-order valence-corrected chi connectivity index (χ3v) is 9.10. The Balaban J connectivity index is 1.64. The highest BCUT2D eigenvalue weighted by molar-refractivity contribution is 9.11. The average molecular weight is 651 g/mol. The number of aryl methyl sites for hydroxylation is 1. The number of hydrogen-bond acceptors (Lipinski definition) is 7. The Morgan fingerprint density at radius 2 is 1.98 bits per heavy atom. The molecule has 5 rings (SSSR count). The molecular weight excluding hydrogens is 618 g/mol. The van der Waals surface area contributed by atoms with Crippen molar-refractivity contribution < 1.29 is 33.8 Å². The molecule has 0 radical (unpaired) electrons. The van der Waals surface area contributed by atoms with E-state index < -0.39 is 53.5 Å². The Morgan fingerprint density at radius 1 is 1.20 bits per heavy atom. The number of halogens is 2. The lowest BCUT2D eigenvalue weighted by Gasteiger charge is -2.36. The summed E-state index contributed by atoms with van der Waals surface area (Å²) < 4.78 is 12.7. The van der Waals surface area contributed by atoms with Crippen LogP contribution in [-0.4, -0.2) is 83.8 Å². The fourth-order valence-electron chi connectivity index (χ4n) is 6.33.